The minimum atomic E-state index is -0.908. The summed E-state index contributed by atoms with van der Waals surface area (Å²) in [4.78, 5) is 36.9. The van der Waals surface area contributed by atoms with Crippen molar-refractivity contribution in [3.63, 3.8) is 0 Å². The first-order valence-corrected chi connectivity index (χ1v) is 9.55. The van der Waals surface area contributed by atoms with Gasteiger partial charge in [-0.05, 0) is 43.8 Å². The molecule has 2 aromatic rings. The Morgan fingerprint density at radius 2 is 1.74 bits per heavy atom. The first-order valence-electron chi connectivity index (χ1n) is 9.55. The van der Waals surface area contributed by atoms with Gasteiger partial charge in [-0.25, -0.2) is 0 Å². The molecule has 0 aromatic heterocycles. The van der Waals surface area contributed by atoms with E-state index in [4.69, 9.17) is 16.2 Å². The Bertz CT molecular complexity index is 895. The Balaban J connectivity index is 0.00000450. The summed E-state index contributed by atoms with van der Waals surface area (Å²) in [7, 11) is 1.52. The highest BCUT2D eigenvalue weighted by Gasteiger charge is 2.22. The van der Waals surface area contributed by atoms with Gasteiger partial charge < -0.3 is 21.5 Å². The molecule has 6 N–H and O–H groups in total. The number of rotatable bonds is 9. The van der Waals surface area contributed by atoms with Crippen molar-refractivity contribution in [2.75, 3.05) is 13.7 Å². The third kappa shape index (κ3) is 7.99. The van der Waals surface area contributed by atoms with Crippen molar-refractivity contribution in [2.24, 2.45) is 11.5 Å². The Morgan fingerprint density at radius 1 is 1.06 bits per heavy atom. The number of imide groups is 1. The molecule has 172 valence electrons. The normalized spacial score (nSPS) is 12.0. The summed E-state index contributed by atoms with van der Waals surface area (Å²) in [6.07, 6.45) is 1.99. The number of carbonyl (C=O) groups is 3. The van der Waals surface area contributed by atoms with Gasteiger partial charge in [0.25, 0.3) is 5.91 Å². The number of nitrogens with one attached hydrogen (secondary N) is 2. The predicted octanol–water partition coefficient (Wildman–Crippen LogP) is 1.91. The van der Waals surface area contributed by atoms with E-state index in [1.54, 1.807) is 12.1 Å². The van der Waals surface area contributed by atoms with Gasteiger partial charge in [0.2, 0.25) is 11.8 Å². The quantitative estimate of drug-likeness (QED) is 0.411. The summed E-state index contributed by atoms with van der Waals surface area (Å²) in [5.74, 6) is -1.10. The molecule has 0 spiro atoms. The van der Waals surface area contributed by atoms with E-state index >= 15 is 0 Å². The molecule has 0 aliphatic heterocycles. The number of hydrogen-bond acceptors (Lipinski definition) is 6. The lowest BCUT2D eigenvalue weighted by Gasteiger charge is -2.17. The van der Waals surface area contributed by atoms with E-state index in [1.165, 1.54) is 14.0 Å². The average Bonchev–Trinajstić information content (AvgIpc) is 2.72. The SMILES string of the molecule is COc1cc(C(=O)NC(=O)C(C)NC(=O)C(N)CCCCN)cc2ccccc12.Cl.Cl. The molecule has 2 aromatic carbocycles. The maximum absolute atomic E-state index is 12.5. The first-order chi connectivity index (χ1) is 13.9. The number of benzene rings is 2. The Morgan fingerprint density at radius 3 is 2.39 bits per heavy atom. The van der Waals surface area contributed by atoms with Gasteiger partial charge in [-0.15, -0.1) is 24.8 Å². The zero-order valence-corrected chi connectivity index (χ0v) is 19.2. The maximum Gasteiger partial charge on any atom is 0.258 e. The van der Waals surface area contributed by atoms with Crippen LogP contribution in [0.3, 0.4) is 0 Å². The highest BCUT2D eigenvalue weighted by Crippen LogP contribution is 2.27. The van der Waals surface area contributed by atoms with Crippen LogP contribution in [0.4, 0.5) is 0 Å². The van der Waals surface area contributed by atoms with Gasteiger partial charge in [0.15, 0.2) is 0 Å². The van der Waals surface area contributed by atoms with E-state index < -0.39 is 29.8 Å². The van der Waals surface area contributed by atoms with Crippen LogP contribution in [0, 0.1) is 0 Å². The molecule has 10 heteroatoms. The second kappa shape index (κ2) is 13.8. The van der Waals surface area contributed by atoms with Crippen LogP contribution in [-0.2, 0) is 9.59 Å². The number of unbranched alkanes of at least 4 members (excludes halogenated alkanes) is 1. The van der Waals surface area contributed by atoms with Gasteiger partial charge in [0.1, 0.15) is 11.8 Å². The van der Waals surface area contributed by atoms with Gasteiger partial charge in [0.05, 0.1) is 13.2 Å². The van der Waals surface area contributed by atoms with Crippen LogP contribution in [0.25, 0.3) is 10.8 Å². The topological polar surface area (TPSA) is 137 Å². The van der Waals surface area contributed by atoms with Crippen molar-refractivity contribution in [2.45, 2.75) is 38.3 Å². The average molecular weight is 473 g/mol. The van der Waals surface area contributed by atoms with E-state index in [2.05, 4.69) is 10.6 Å². The molecule has 2 unspecified atom stereocenters. The predicted molar refractivity (Wildman–Crippen MR) is 126 cm³/mol. The largest absolute Gasteiger partial charge is 0.496 e. The molecule has 3 amide bonds. The minimum absolute atomic E-state index is 0. The van der Waals surface area contributed by atoms with Crippen LogP contribution in [0.2, 0.25) is 0 Å². The molecule has 0 fully saturated rings. The fourth-order valence-corrected chi connectivity index (χ4v) is 2.89. The second-order valence-electron chi connectivity index (χ2n) is 6.84. The van der Waals surface area contributed by atoms with Gasteiger partial charge in [-0.3, -0.25) is 19.7 Å². The third-order valence-electron chi connectivity index (χ3n) is 4.60. The molecule has 0 saturated heterocycles. The molecular formula is C21H30Cl2N4O4. The number of nitrogens with two attached hydrogens (primary N) is 2. The number of ether oxygens (including phenoxy) is 1. The summed E-state index contributed by atoms with van der Waals surface area (Å²) < 4.78 is 5.35. The van der Waals surface area contributed by atoms with Gasteiger partial charge in [-0.1, -0.05) is 30.7 Å². The lowest BCUT2D eigenvalue weighted by atomic mass is 10.1. The fourth-order valence-electron chi connectivity index (χ4n) is 2.89. The summed E-state index contributed by atoms with van der Waals surface area (Å²) >= 11 is 0. The first kappa shape index (κ1) is 28.6. The Kier molecular flexibility index (Phi) is 12.8. The third-order valence-corrected chi connectivity index (χ3v) is 4.60. The van der Waals surface area contributed by atoms with Gasteiger partial charge >= 0.3 is 0 Å². The molecule has 0 bridgehead atoms. The van der Waals surface area contributed by atoms with Crippen molar-refractivity contribution in [1.82, 2.24) is 10.6 Å². The summed E-state index contributed by atoms with van der Waals surface area (Å²) in [5.41, 5.74) is 11.5. The molecule has 2 rings (SSSR count). The standard InChI is InChI=1S/C21H28N4O4.2ClH/c1-13(24-21(28)17(23)9-5-6-10-22)19(26)25-20(27)15-11-14-7-3-4-8-16(14)18(12-15)29-2;;/h3-4,7-8,11-13,17H,5-6,9-10,22-23H2,1-2H3,(H,24,28)(H,25,26,27);2*1H. The fraction of sp³-hybridized carbons (Fsp3) is 0.381. The van der Waals surface area contributed by atoms with Crippen molar-refractivity contribution < 1.29 is 19.1 Å². The molecule has 0 saturated carbocycles. The number of methoxy groups -OCH3 is 1. The zero-order valence-electron chi connectivity index (χ0n) is 17.6. The Labute approximate surface area is 194 Å². The molecule has 0 heterocycles. The number of fused-ring (bicyclic) bond motifs is 1. The van der Waals surface area contributed by atoms with Crippen LogP contribution in [-0.4, -0.2) is 43.5 Å². The van der Waals surface area contributed by atoms with Crippen LogP contribution in [0.5, 0.6) is 5.75 Å². The van der Waals surface area contributed by atoms with Crippen LogP contribution >= 0.6 is 24.8 Å². The van der Waals surface area contributed by atoms with Crippen molar-refractivity contribution in [3.8, 4) is 5.75 Å². The van der Waals surface area contributed by atoms with Crippen LogP contribution in [0.15, 0.2) is 36.4 Å². The Hall–Kier alpha value is -2.39. The number of hydrogen-bond donors (Lipinski definition) is 4. The van der Waals surface area contributed by atoms with Crippen LogP contribution in [0.1, 0.15) is 36.5 Å². The lowest BCUT2D eigenvalue weighted by molar-refractivity contribution is -0.128. The van der Waals surface area contributed by atoms with Crippen molar-refractivity contribution >= 4 is 53.3 Å². The zero-order chi connectivity index (χ0) is 21.4. The van der Waals surface area contributed by atoms with E-state index in [0.29, 0.717) is 18.7 Å². The summed E-state index contributed by atoms with van der Waals surface area (Å²) in [6, 6.07) is 9.08. The minimum Gasteiger partial charge on any atom is -0.496 e. The molecular weight excluding hydrogens is 443 g/mol. The van der Waals surface area contributed by atoms with Crippen LogP contribution < -0.4 is 26.8 Å². The second-order valence-corrected chi connectivity index (χ2v) is 6.84. The summed E-state index contributed by atoms with van der Waals surface area (Å²) in [5, 5.41) is 6.51. The number of carbonyl (C=O) groups excluding carboxylic acids is 3. The molecule has 31 heavy (non-hydrogen) atoms. The van der Waals surface area contributed by atoms with E-state index in [1.807, 2.05) is 24.3 Å². The highest BCUT2D eigenvalue weighted by molar-refractivity contribution is 6.09. The van der Waals surface area contributed by atoms with E-state index in [0.717, 1.165) is 23.6 Å². The van der Waals surface area contributed by atoms with Crippen molar-refractivity contribution in [3.05, 3.63) is 42.0 Å². The molecule has 2 atom stereocenters. The van der Waals surface area contributed by atoms with E-state index in [9.17, 15) is 14.4 Å². The smallest absolute Gasteiger partial charge is 0.258 e. The highest BCUT2D eigenvalue weighted by atomic mass is 35.5. The monoisotopic (exact) mass is 472 g/mol. The number of amides is 3. The lowest BCUT2D eigenvalue weighted by Crippen LogP contribution is -2.51. The summed E-state index contributed by atoms with van der Waals surface area (Å²) in [6.45, 7) is 2.03. The van der Waals surface area contributed by atoms with Gasteiger partial charge in [0, 0.05) is 10.9 Å². The molecule has 0 aliphatic carbocycles. The molecule has 0 radical (unpaired) electrons. The number of halogens is 2. The molecule has 0 aliphatic rings. The van der Waals surface area contributed by atoms with Gasteiger partial charge in [-0.2, -0.15) is 0 Å². The maximum atomic E-state index is 12.5. The van der Waals surface area contributed by atoms with Crippen molar-refractivity contribution in [1.29, 1.82) is 0 Å². The van der Waals surface area contributed by atoms with E-state index in [-0.39, 0.29) is 30.4 Å². The molecule has 8 nitrogen and oxygen atoms in total.